The summed E-state index contributed by atoms with van der Waals surface area (Å²) in [4.78, 5) is 17.7. The lowest BCUT2D eigenvalue weighted by Gasteiger charge is -2.35. The van der Waals surface area contributed by atoms with Gasteiger partial charge < -0.3 is 14.2 Å². The summed E-state index contributed by atoms with van der Waals surface area (Å²) in [5.41, 5.74) is 2.44. The molecule has 2 atom stereocenters. The van der Waals surface area contributed by atoms with Crippen molar-refractivity contribution in [2.75, 3.05) is 19.8 Å². The average Bonchev–Trinajstić information content (AvgIpc) is 2.78. The second-order valence-electron chi connectivity index (χ2n) is 7.84. The molecule has 0 amide bonds. The van der Waals surface area contributed by atoms with Gasteiger partial charge in [0.15, 0.2) is 0 Å². The van der Waals surface area contributed by atoms with E-state index >= 15 is 0 Å². The molecule has 7 heteroatoms. The molecule has 0 bridgehead atoms. The maximum Gasteiger partial charge on any atom is 0.321 e. The fourth-order valence-corrected chi connectivity index (χ4v) is 4.87. The first-order valence-corrected chi connectivity index (χ1v) is 11.1. The molecule has 1 aromatic carbocycles. The highest BCUT2D eigenvalue weighted by Gasteiger charge is 2.36. The Kier molecular flexibility index (Phi) is 6.15. The number of esters is 1. The number of hydrogen-bond acceptors (Lipinski definition) is 7. The minimum atomic E-state index is -0.711. The summed E-state index contributed by atoms with van der Waals surface area (Å²) in [6.07, 6.45) is 6.60. The van der Waals surface area contributed by atoms with E-state index in [2.05, 4.69) is 17.1 Å². The minimum Gasteiger partial charge on any atom is -0.465 e. The van der Waals surface area contributed by atoms with Crippen molar-refractivity contribution < 1.29 is 19.0 Å². The summed E-state index contributed by atoms with van der Waals surface area (Å²) in [7, 11) is 0. The number of allylic oxidation sites excluding steroid dienone is 2. The zero-order valence-corrected chi connectivity index (χ0v) is 18.6. The van der Waals surface area contributed by atoms with Gasteiger partial charge in [0.25, 0.3) is 0 Å². The maximum absolute atomic E-state index is 12.3. The van der Waals surface area contributed by atoms with Crippen LogP contribution in [0.4, 0.5) is 0 Å². The number of pyridine rings is 1. The third-order valence-corrected chi connectivity index (χ3v) is 6.49. The Hall–Kier alpha value is -2.66. The Balaban J connectivity index is 1.75. The van der Waals surface area contributed by atoms with Crippen LogP contribution in [0.15, 0.2) is 53.2 Å². The van der Waals surface area contributed by atoms with Crippen molar-refractivity contribution in [1.82, 2.24) is 4.98 Å². The van der Waals surface area contributed by atoms with Crippen LogP contribution in [0.2, 0.25) is 0 Å². The van der Waals surface area contributed by atoms with Crippen LogP contribution in [0, 0.1) is 11.3 Å². The molecule has 160 valence electrons. The van der Waals surface area contributed by atoms with Gasteiger partial charge in [0.05, 0.1) is 31.5 Å². The predicted molar refractivity (Wildman–Crippen MR) is 119 cm³/mol. The molecule has 1 saturated heterocycles. The maximum atomic E-state index is 12.3. The van der Waals surface area contributed by atoms with Crippen LogP contribution in [0.5, 0.6) is 0 Å². The lowest BCUT2D eigenvalue weighted by atomic mass is 9.87. The predicted octanol–water partition coefficient (Wildman–Crippen LogP) is 4.30. The number of aromatic nitrogens is 1. The molecule has 4 rings (SSSR count). The molecule has 0 saturated carbocycles. The van der Waals surface area contributed by atoms with Crippen molar-refractivity contribution in [3.05, 3.63) is 53.9 Å². The third kappa shape index (κ3) is 4.24. The summed E-state index contributed by atoms with van der Waals surface area (Å²) < 4.78 is 16.4. The second kappa shape index (κ2) is 8.83. The van der Waals surface area contributed by atoms with E-state index in [0.717, 1.165) is 26.8 Å². The third-order valence-electron chi connectivity index (χ3n) is 5.32. The summed E-state index contributed by atoms with van der Waals surface area (Å²) in [6, 6.07) is 8.28. The average molecular weight is 437 g/mol. The number of thioether (sulfide) groups is 1. The van der Waals surface area contributed by atoms with Crippen molar-refractivity contribution in [2.24, 2.45) is 0 Å². The number of rotatable bonds is 5. The van der Waals surface area contributed by atoms with Crippen LogP contribution in [-0.4, -0.2) is 47.7 Å². The fraction of sp³-hybridized carbons (Fsp3) is 0.375. The molecule has 31 heavy (non-hydrogen) atoms. The standard InChI is InChI=1S/C24H24N2O4S/c1-4-28-23(27)24(2,3)31-17-7-5-16-13-26-14-20(19(16)11-17)18-8-6-15(12-25)21-22(18)30-10-9-29-21/h5-8,11,13-14,21-22H,4,9-10H2,1-3H3. The smallest absolute Gasteiger partial charge is 0.321 e. The van der Waals surface area contributed by atoms with Crippen molar-refractivity contribution >= 4 is 34.1 Å². The first-order valence-electron chi connectivity index (χ1n) is 10.2. The van der Waals surface area contributed by atoms with E-state index < -0.39 is 10.9 Å². The zero-order chi connectivity index (χ0) is 22.0. The molecular weight excluding hydrogens is 412 g/mol. The van der Waals surface area contributed by atoms with E-state index in [1.54, 1.807) is 6.08 Å². The zero-order valence-electron chi connectivity index (χ0n) is 17.8. The van der Waals surface area contributed by atoms with E-state index in [4.69, 9.17) is 14.2 Å². The number of ether oxygens (including phenoxy) is 3. The highest BCUT2D eigenvalue weighted by molar-refractivity contribution is 8.01. The lowest BCUT2D eigenvalue weighted by Crippen LogP contribution is -2.41. The number of hydrogen-bond donors (Lipinski definition) is 0. The summed E-state index contributed by atoms with van der Waals surface area (Å²) in [5, 5.41) is 11.4. The molecule has 1 aromatic heterocycles. The molecule has 2 aliphatic rings. The fourth-order valence-electron chi connectivity index (χ4n) is 3.82. The van der Waals surface area contributed by atoms with Crippen LogP contribution in [0.3, 0.4) is 0 Å². The summed E-state index contributed by atoms with van der Waals surface area (Å²) in [6.45, 7) is 6.83. The number of benzene rings is 1. The van der Waals surface area contributed by atoms with Gasteiger partial charge in [-0.2, -0.15) is 5.26 Å². The normalized spacial score (nSPS) is 21.0. The molecule has 2 aromatic rings. The summed E-state index contributed by atoms with van der Waals surface area (Å²) >= 11 is 1.47. The van der Waals surface area contributed by atoms with Crippen molar-refractivity contribution in [1.29, 1.82) is 5.26 Å². The second-order valence-corrected chi connectivity index (χ2v) is 9.54. The van der Waals surface area contributed by atoms with Crippen LogP contribution in [0.25, 0.3) is 16.3 Å². The van der Waals surface area contributed by atoms with Crippen molar-refractivity contribution in [3.63, 3.8) is 0 Å². The van der Waals surface area contributed by atoms with Crippen LogP contribution < -0.4 is 0 Å². The Morgan fingerprint density at radius 3 is 2.77 bits per heavy atom. The molecule has 1 fully saturated rings. The first-order chi connectivity index (χ1) is 14.9. The van der Waals surface area contributed by atoms with Crippen LogP contribution in [0.1, 0.15) is 26.3 Å². The van der Waals surface area contributed by atoms with Gasteiger partial charge in [0, 0.05) is 28.2 Å². The molecule has 1 aliphatic carbocycles. The van der Waals surface area contributed by atoms with E-state index in [-0.39, 0.29) is 12.1 Å². The van der Waals surface area contributed by atoms with Gasteiger partial charge >= 0.3 is 5.97 Å². The Morgan fingerprint density at radius 2 is 2.03 bits per heavy atom. The lowest BCUT2D eigenvalue weighted by molar-refractivity contribution is -0.145. The Labute approximate surface area is 185 Å². The van der Waals surface area contributed by atoms with Gasteiger partial charge in [0.1, 0.15) is 17.0 Å². The van der Waals surface area contributed by atoms with Gasteiger partial charge in [0.2, 0.25) is 0 Å². The Bertz CT molecular complexity index is 1120. The van der Waals surface area contributed by atoms with Crippen LogP contribution in [-0.2, 0) is 19.0 Å². The van der Waals surface area contributed by atoms with Gasteiger partial charge in [-0.1, -0.05) is 12.1 Å². The van der Waals surface area contributed by atoms with Gasteiger partial charge in [-0.15, -0.1) is 11.8 Å². The van der Waals surface area contributed by atoms with Crippen LogP contribution >= 0.6 is 11.8 Å². The van der Waals surface area contributed by atoms with E-state index in [0.29, 0.717) is 25.4 Å². The van der Waals surface area contributed by atoms with E-state index in [1.807, 2.05) is 51.4 Å². The topological polar surface area (TPSA) is 81.4 Å². The highest BCUT2D eigenvalue weighted by Crippen LogP contribution is 2.39. The minimum absolute atomic E-state index is 0.241. The van der Waals surface area contributed by atoms with E-state index in [9.17, 15) is 10.1 Å². The number of carbonyl (C=O) groups excluding carboxylic acids is 1. The molecule has 0 radical (unpaired) electrons. The number of nitriles is 1. The van der Waals surface area contributed by atoms with Crippen molar-refractivity contribution in [3.8, 4) is 6.07 Å². The molecular formula is C24H24N2O4S. The molecule has 6 nitrogen and oxygen atoms in total. The Morgan fingerprint density at radius 1 is 1.26 bits per heavy atom. The largest absolute Gasteiger partial charge is 0.465 e. The van der Waals surface area contributed by atoms with Gasteiger partial charge in [-0.3, -0.25) is 9.78 Å². The van der Waals surface area contributed by atoms with Gasteiger partial charge in [-0.25, -0.2) is 0 Å². The van der Waals surface area contributed by atoms with E-state index in [1.165, 1.54) is 11.8 Å². The molecule has 2 unspecified atom stereocenters. The van der Waals surface area contributed by atoms with Gasteiger partial charge in [-0.05, 0) is 49.9 Å². The van der Waals surface area contributed by atoms with Crippen molar-refractivity contribution in [2.45, 2.75) is 42.6 Å². The molecule has 1 aliphatic heterocycles. The monoisotopic (exact) mass is 436 g/mol. The first kappa shape index (κ1) is 21.6. The highest BCUT2D eigenvalue weighted by atomic mass is 32.2. The molecule has 0 spiro atoms. The number of carbonyl (C=O) groups is 1. The number of fused-ring (bicyclic) bond motifs is 2. The molecule has 0 N–H and O–H groups in total. The molecule has 2 heterocycles. The quantitative estimate of drug-likeness (QED) is 0.510. The SMILES string of the molecule is CCOC(=O)C(C)(C)Sc1ccc2cncc(C3=CC=C(C#N)C4OCCOC34)c2c1. The number of nitrogens with zero attached hydrogens (tertiary/aromatic N) is 2. The summed E-state index contributed by atoms with van der Waals surface area (Å²) in [5.74, 6) is -0.241.